The Balaban J connectivity index is 1.64. The molecule has 0 amide bonds. The van der Waals surface area contributed by atoms with E-state index < -0.39 is 0 Å². The summed E-state index contributed by atoms with van der Waals surface area (Å²) >= 11 is 0. The fraction of sp³-hybridized carbons (Fsp3) is 0.720. The van der Waals surface area contributed by atoms with Gasteiger partial charge in [0.15, 0.2) is 0 Å². The number of nitrogens with zero attached hydrogens (tertiary/aromatic N) is 4. The van der Waals surface area contributed by atoms with Crippen LogP contribution in [0.5, 0.6) is 5.88 Å². The van der Waals surface area contributed by atoms with Crippen molar-refractivity contribution < 1.29 is 9.47 Å². The molecule has 1 aliphatic carbocycles. The van der Waals surface area contributed by atoms with Crippen LogP contribution in [0.1, 0.15) is 76.7 Å². The summed E-state index contributed by atoms with van der Waals surface area (Å²) < 4.78 is 11.8. The lowest BCUT2D eigenvalue weighted by Crippen LogP contribution is -2.31. The second kappa shape index (κ2) is 10.8. The van der Waals surface area contributed by atoms with Gasteiger partial charge < -0.3 is 19.7 Å². The summed E-state index contributed by atoms with van der Waals surface area (Å²) in [7, 11) is 4.38. The van der Waals surface area contributed by atoms with Crippen LogP contribution in [-0.4, -0.2) is 65.3 Å². The lowest BCUT2D eigenvalue weighted by molar-refractivity contribution is 0.0244. The lowest BCUT2D eigenvalue weighted by atomic mass is 9.81. The molecule has 2 fully saturated rings. The smallest absolute Gasteiger partial charge is 0.224 e. The number of fused-ring (bicyclic) bond motifs is 1. The number of pyridine rings is 1. The average Bonchev–Trinajstić information content (AvgIpc) is 2.80. The third-order valence-corrected chi connectivity index (χ3v) is 7.02. The Kier molecular flexibility index (Phi) is 7.79. The van der Waals surface area contributed by atoms with Crippen molar-refractivity contribution >= 4 is 16.9 Å². The minimum atomic E-state index is 0.142. The zero-order valence-corrected chi connectivity index (χ0v) is 20.1. The van der Waals surface area contributed by atoms with Crippen molar-refractivity contribution in [3.8, 4) is 5.88 Å². The first-order valence-electron chi connectivity index (χ1n) is 12.4. The third kappa shape index (κ3) is 5.49. The van der Waals surface area contributed by atoms with Gasteiger partial charge in [-0.05, 0) is 59.0 Å². The van der Waals surface area contributed by atoms with Gasteiger partial charge in [0.25, 0.3) is 0 Å². The Morgan fingerprint density at radius 2 is 1.84 bits per heavy atom. The van der Waals surface area contributed by atoms with Crippen LogP contribution in [0.2, 0.25) is 0 Å². The van der Waals surface area contributed by atoms with Crippen molar-refractivity contribution in [2.24, 2.45) is 0 Å². The van der Waals surface area contributed by atoms with Gasteiger partial charge in [0, 0.05) is 42.9 Å². The van der Waals surface area contributed by atoms with Crippen LogP contribution in [0.15, 0.2) is 12.4 Å². The summed E-state index contributed by atoms with van der Waals surface area (Å²) in [6.07, 6.45) is 12.8. The van der Waals surface area contributed by atoms with E-state index in [1.807, 2.05) is 12.4 Å². The molecule has 1 saturated carbocycles. The Bertz CT molecular complexity index is 876. The zero-order chi connectivity index (χ0) is 22.5. The Morgan fingerprint density at radius 3 is 2.53 bits per heavy atom. The summed E-state index contributed by atoms with van der Waals surface area (Å²) in [5.74, 6) is 1.84. The molecule has 3 heterocycles. The van der Waals surface area contributed by atoms with Crippen molar-refractivity contribution in [3.05, 3.63) is 18.0 Å². The standard InChI is InChI=1S/C25H39N5O2/c1-5-6-17(2)28-25-27-16-22-23(29-25)21(18-7-9-19(10-8-18)30(3)4)15-26-24(22)32-20-11-13-31-14-12-20/h15-20H,5-14H2,1-4H3,(H,27,28,29). The molecule has 0 aromatic carbocycles. The first kappa shape index (κ1) is 23.2. The van der Waals surface area contributed by atoms with Crippen molar-refractivity contribution in [2.75, 3.05) is 32.6 Å². The summed E-state index contributed by atoms with van der Waals surface area (Å²) in [6, 6.07) is 1.01. The molecule has 0 spiro atoms. The van der Waals surface area contributed by atoms with Crippen molar-refractivity contribution in [1.82, 2.24) is 19.9 Å². The molecule has 4 rings (SSSR count). The molecular formula is C25H39N5O2. The number of hydrogen-bond donors (Lipinski definition) is 1. The van der Waals surface area contributed by atoms with Gasteiger partial charge in [-0.25, -0.2) is 15.0 Å². The van der Waals surface area contributed by atoms with E-state index in [1.54, 1.807) is 0 Å². The molecule has 2 aromatic heterocycles. The highest BCUT2D eigenvalue weighted by molar-refractivity contribution is 5.86. The van der Waals surface area contributed by atoms with E-state index in [-0.39, 0.29) is 6.10 Å². The second-order valence-electron chi connectivity index (χ2n) is 9.71. The zero-order valence-electron chi connectivity index (χ0n) is 20.1. The molecule has 1 unspecified atom stereocenters. The SMILES string of the molecule is CCCC(C)Nc1ncc2c(OC3CCOCC3)ncc(C3CCC(N(C)C)CC3)c2n1. The largest absolute Gasteiger partial charge is 0.474 e. The van der Waals surface area contributed by atoms with E-state index in [9.17, 15) is 0 Å². The highest BCUT2D eigenvalue weighted by atomic mass is 16.5. The molecule has 1 N–H and O–H groups in total. The number of aromatic nitrogens is 3. The quantitative estimate of drug-likeness (QED) is 0.632. The molecule has 2 aromatic rings. The molecule has 1 aliphatic heterocycles. The van der Waals surface area contributed by atoms with Gasteiger partial charge in [0.05, 0.1) is 24.1 Å². The lowest BCUT2D eigenvalue weighted by Gasteiger charge is -2.33. The summed E-state index contributed by atoms with van der Waals surface area (Å²) in [5.41, 5.74) is 2.24. The van der Waals surface area contributed by atoms with Crippen LogP contribution < -0.4 is 10.1 Å². The predicted octanol–water partition coefficient (Wildman–Crippen LogP) is 4.77. The summed E-state index contributed by atoms with van der Waals surface area (Å²) in [5, 5.41) is 4.41. The summed E-state index contributed by atoms with van der Waals surface area (Å²) in [4.78, 5) is 16.8. The van der Waals surface area contributed by atoms with Crippen LogP contribution in [0.25, 0.3) is 10.9 Å². The van der Waals surface area contributed by atoms with Crippen molar-refractivity contribution in [1.29, 1.82) is 0 Å². The molecule has 7 nitrogen and oxygen atoms in total. The highest BCUT2D eigenvalue weighted by Crippen LogP contribution is 2.38. The Labute approximate surface area is 192 Å². The van der Waals surface area contributed by atoms with Gasteiger partial charge >= 0.3 is 0 Å². The van der Waals surface area contributed by atoms with E-state index in [1.165, 1.54) is 31.2 Å². The molecule has 1 atom stereocenters. The topological polar surface area (TPSA) is 72.4 Å². The predicted molar refractivity (Wildman–Crippen MR) is 128 cm³/mol. The molecule has 0 radical (unpaired) electrons. The van der Waals surface area contributed by atoms with Gasteiger partial charge in [-0.2, -0.15) is 0 Å². The maximum Gasteiger partial charge on any atom is 0.224 e. The molecule has 1 saturated heterocycles. The van der Waals surface area contributed by atoms with Gasteiger partial charge in [0.2, 0.25) is 11.8 Å². The van der Waals surface area contributed by atoms with E-state index in [2.05, 4.69) is 43.1 Å². The number of anilines is 1. The number of hydrogen-bond acceptors (Lipinski definition) is 7. The van der Waals surface area contributed by atoms with E-state index in [4.69, 9.17) is 19.4 Å². The molecule has 32 heavy (non-hydrogen) atoms. The van der Waals surface area contributed by atoms with Crippen LogP contribution in [-0.2, 0) is 4.74 Å². The molecule has 176 valence electrons. The molecule has 0 bridgehead atoms. The monoisotopic (exact) mass is 441 g/mol. The molecule has 7 heteroatoms. The minimum Gasteiger partial charge on any atom is -0.474 e. The maximum absolute atomic E-state index is 6.32. The van der Waals surface area contributed by atoms with Crippen LogP contribution in [0.4, 0.5) is 5.95 Å². The van der Waals surface area contributed by atoms with Crippen LogP contribution >= 0.6 is 0 Å². The first-order valence-corrected chi connectivity index (χ1v) is 12.4. The Hall–Kier alpha value is -1.99. The van der Waals surface area contributed by atoms with Gasteiger partial charge in [-0.15, -0.1) is 0 Å². The molecular weight excluding hydrogens is 402 g/mol. The van der Waals surface area contributed by atoms with Crippen LogP contribution in [0, 0.1) is 0 Å². The minimum absolute atomic E-state index is 0.142. The van der Waals surface area contributed by atoms with Crippen LogP contribution in [0.3, 0.4) is 0 Å². The normalized spacial score (nSPS) is 23.4. The highest BCUT2D eigenvalue weighted by Gasteiger charge is 2.27. The first-order chi connectivity index (χ1) is 15.5. The van der Waals surface area contributed by atoms with Gasteiger partial charge in [0.1, 0.15) is 6.10 Å². The van der Waals surface area contributed by atoms with Crippen molar-refractivity contribution in [3.63, 3.8) is 0 Å². The maximum atomic E-state index is 6.32. The fourth-order valence-corrected chi connectivity index (χ4v) is 5.06. The van der Waals surface area contributed by atoms with E-state index >= 15 is 0 Å². The number of rotatable bonds is 8. The van der Waals surface area contributed by atoms with Crippen molar-refractivity contribution in [2.45, 2.75) is 89.3 Å². The van der Waals surface area contributed by atoms with Gasteiger partial charge in [-0.3, -0.25) is 0 Å². The number of ether oxygens (including phenoxy) is 2. The summed E-state index contributed by atoms with van der Waals surface area (Å²) in [6.45, 7) is 5.88. The van der Waals surface area contributed by atoms with Gasteiger partial charge in [-0.1, -0.05) is 13.3 Å². The Morgan fingerprint density at radius 1 is 1.09 bits per heavy atom. The van der Waals surface area contributed by atoms with E-state index in [0.29, 0.717) is 29.8 Å². The molecule has 2 aliphatic rings. The third-order valence-electron chi connectivity index (χ3n) is 7.02. The van der Waals surface area contributed by atoms with E-state index in [0.717, 1.165) is 49.8 Å². The second-order valence-corrected chi connectivity index (χ2v) is 9.71. The fourth-order valence-electron chi connectivity index (χ4n) is 5.06. The number of nitrogens with one attached hydrogen (secondary N) is 1. The average molecular weight is 442 g/mol.